The van der Waals surface area contributed by atoms with Crippen molar-refractivity contribution >= 4 is 65.4 Å². The Labute approximate surface area is 432 Å². The Morgan fingerprint density at radius 3 is 1.28 bits per heavy atom. The van der Waals surface area contributed by atoms with Gasteiger partial charge in [-0.2, -0.15) is 0 Å². The SMILES string of the molecule is c1ccc(-c2ccc(-c3nc(-c4ccccc4)nc(-c4ccccc4-n4c5cccc(-n6c7ccccc7c7ccccc76)c5c5cccc(-n6c7ccccc7c7cc(-c8ccccc8)ccc76)c54)n3)cc2)cc1. The average Bonchev–Trinajstić information content (AvgIpc) is 4.14. The lowest BCUT2D eigenvalue weighted by molar-refractivity contribution is 1.06. The van der Waals surface area contributed by atoms with Crippen LogP contribution in [0.5, 0.6) is 0 Å². The predicted octanol–water partition coefficient (Wildman–Crippen LogP) is 17.5. The van der Waals surface area contributed by atoms with Crippen LogP contribution in [-0.2, 0) is 0 Å². The predicted molar refractivity (Wildman–Crippen MR) is 310 cm³/mol. The second-order valence-electron chi connectivity index (χ2n) is 19.1. The fraction of sp³-hybridized carbons (Fsp3) is 0. The van der Waals surface area contributed by atoms with E-state index in [-0.39, 0.29) is 0 Å². The van der Waals surface area contributed by atoms with Gasteiger partial charge in [-0.1, -0.05) is 206 Å². The molecule has 0 atom stereocenters. The van der Waals surface area contributed by atoms with Crippen LogP contribution in [0.15, 0.2) is 267 Å². The number of rotatable bonds is 8. The van der Waals surface area contributed by atoms with Crippen molar-refractivity contribution in [1.29, 1.82) is 0 Å². The largest absolute Gasteiger partial charge is 0.309 e. The van der Waals surface area contributed by atoms with Crippen molar-refractivity contribution in [1.82, 2.24) is 28.7 Å². The van der Waals surface area contributed by atoms with E-state index >= 15 is 0 Å². The van der Waals surface area contributed by atoms with Gasteiger partial charge in [0.1, 0.15) is 0 Å². The zero-order valence-corrected chi connectivity index (χ0v) is 40.6. The van der Waals surface area contributed by atoms with Crippen LogP contribution in [0, 0.1) is 0 Å². The molecular weight excluding hydrogens is 913 g/mol. The van der Waals surface area contributed by atoms with Gasteiger partial charge in [0.25, 0.3) is 0 Å². The maximum Gasteiger partial charge on any atom is 0.166 e. The molecule has 75 heavy (non-hydrogen) atoms. The molecule has 0 aliphatic carbocycles. The average molecular weight is 957 g/mol. The lowest BCUT2D eigenvalue weighted by Crippen LogP contribution is -2.05. The second-order valence-corrected chi connectivity index (χ2v) is 19.1. The first kappa shape index (κ1) is 42.5. The highest BCUT2D eigenvalue weighted by Crippen LogP contribution is 2.45. The quantitative estimate of drug-likeness (QED) is 0.152. The van der Waals surface area contributed by atoms with Gasteiger partial charge in [0.15, 0.2) is 17.5 Å². The Morgan fingerprint density at radius 1 is 0.227 bits per heavy atom. The lowest BCUT2D eigenvalue weighted by atomic mass is 10.0. The van der Waals surface area contributed by atoms with Crippen LogP contribution < -0.4 is 0 Å². The summed E-state index contributed by atoms with van der Waals surface area (Å²) in [5.41, 5.74) is 17.2. The third kappa shape index (κ3) is 6.84. The van der Waals surface area contributed by atoms with E-state index in [2.05, 4.69) is 256 Å². The van der Waals surface area contributed by atoms with Gasteiger partial charge in [-0.05, 0) is 82.9 Å². The highest BCUT2D eigenvalue weighted by atomic mass is 15.1. The van der Waals surface area contributed by atoms with Crippen LogP contribution in [0.2, 0.25) is 0 Å². The van der Waals surface area contributed by atoms with E-state index in [1.807, 2.05) is 24.3 Å². The molecule has 0 aliphatic heterocycles. The lowest BCUT2D eigenvalue weighted by Gasteiger charge is -2.17. The van der Waals surface area contributed by atoms with E-state index in [0.717, 1.165) is 88.8 Å². The number of hydrogen-bond acceptors (Lipinski definition) is 3. The summed E-state index contributed by atoms with van der Waals surface area (Å²) >= 11 is 0. The highest BCUT2D eigenvalue weighted by molar-refractivity contribution is 6.19. The van der Waals surface area contributed by atoms with Crippen molar-refractivity contribution in [3.05, 3.63) is 267 Å². The first-order valence-corrected chi connectivity index (χ1v) is 25.4. The first-order valence-electron chi connectivity index (χ1n) is 25.4. The minimum atomic E-state index is 0.581. The van der Waals surface area contributed by atoms with Crippen molar-refractivity contribution in [2.24, 2.45) is 0 Å². The number of fused-ring (bicyclic) bond motifs is 9. The van der Waals surface area contributed by atoms with E-state index in [0.29, 0.717) is 17.5 Å². The number of nitrogens with zero attached hydrogens (tertiary/aromatic N) is 6. The van der Waals surface area contributed by atoms with Gasteiger partial charge in [-0.25, -0.2) is 15.0 Å². The fourth-order valence-corrected chi connectivity index (χ4v) is 11.6. The van der Waals surface area contributed by atoms with Crippen LogP contribution in [0.4, 0.5) is 0 Å². The van der Waals surface area contributed by atoms with Gasteiger partial charge < -0.3 is 13.7 Å². The molecular formula is C69H44N6. The molecule has 0 radical (unpaired) electrons. The minimum absolute atomic E-state index is 0.581. The molecule has 0 fully saturated rings. The third-order valence-electron chi connectivity index (χ3n) is 14.9. The molecule has 0 amide bonds. The monoisotopic (exact) mass is 956 g/mol. The van der Waals surface area contributed by atoms with Crippen molar-refractivity contribution in [3.8, 4) is 73.5 Å². The zero-order valence-electron chi connectivity index (χ0n) is 40.6. The Bertz CT molecular complexity index is 4630. The van der Waals surface area contributed by atoms with Crippen molar-refractivity contribution in [2.45, 2.75) is 0 Å². The molecule has 4 heterocycles. The van der Waals surface area contributed by atoms with Gasteiger partial charge in [0.2, 0.25) is 0 Å². The number of para-hydroxylation sites is 5. The van der Waals surface area contributed by atoms with E-state index in [9.17, 15) is 0 Å². The summed E-state index contributed by atoms with van der Waals surface area (Å²) in [6.45, 7) is 0. The summed E-state index contributed by atoms with van der Waals surface area (Å²) in [6.07, 6.45) is 0. The van der Waals surface area contributed by atoms with Crippen LogP contribution in [0.3, 0.4) is 0 Å². The van der Waals surface area contributed by atoms with E-state index in [1.165, 1.54) is 32.7 Å². The van der Waals surface area contributed by atoms with Crippen LogP contribution >= 0.6 is 0 Å². The normalized spacial score (nSPS) is 11.7. The van der Waals surface area contributed by atoms with Gasteiger partial charge >= 0.3 is 0 Å². The van der Waals surface area contributed by atoms with Crippen LogP contribution in [0.1, 0.15) is 0 Å². The summed E-state index contributed by atoms with van der Waals surface area (Å²) in [5, 5.41) is 7.09. The summed E-state index contributed by atoms with van der Waals surface area (Å²) in [6, 6.07) is 95.3. The zero-order chi connectivity index (χ0) is 49.4. The first-order chi connectivity index (χ1) is 37.2. The standard InChI is InChI=1S/C69H44N6/c1-4-20-45(21-5-1)47-38-40-49(41-39-47)68-70-67(48-24-8-3-9-25-48)71-69(72-68)54-29-13-17-34-60(54)75-63-36-19-35-62(73-57-31-14-10-26-51(57)52-27-11-15-32-58(52)73)65(63)55-30-18-37-64(66(55)75)74-59-33-16-12-28-53(59)56-44-50(42-43-61(56)74)46-22-6-2-7-23-46/h1-44H. The van der Waals surface area contributed by atoms with Crippen LogP contribution in [-0.4, -0.2) is 28.7 Å². The van der Waals surface area contributed by atoms with E-state index in [1.54, 1.807) is 0 Å². The molecule has 15 rings (SSSR count). The topological polar surface area (TPSA) is 53.5 Å². The van der Waals surface area contributed by atoms with Crippen molar-refractivity contribution in [3.63, 3.8) is 0 Å². The molecule has 0 bridgehead atoms. The van der Waals surface area contributed by atoms with E-state index < -0.39 is 0 Å². The van der Waals surface area contributed by atoms with Crippen molar-refractivity contribution in [2.75, 3.05) is 0 Å². The van der Waals surface area contributed by atoms with Gasteiger partial charge in [0, 0.05) is 49.0 Å². The summed E-state index contributed by atoms with van der Waals surface area (Å²) in [5.74, 6) is 1.79. The van der Waals surface area contributed by atoms with Crippen molar-refractivity contribution < 1.29 is 0 Å². The molecule has 0 spiro atoms. The Balaban J connectivity index is 1.03. The molecule has 15 aromatic rings. The Hall–Kier alpha value is -10.2. The maximum atomic E-state index is 5.40. The van der Waals surface area contributed by atoms with Gasteiger partial charge in [0.05, 0.1) is 50.2 Å². The molecule has 0 saturated carbocycles. The third-order valence-corrected chi connectivity index (χ3v) is 14.9. The van der Waals surface area contributed by atoms with Crippen LogP contribution in [0.25, 0.3) is 139 Å². The number of benzene rings is 11. The Morgan fingerprint density at radius 2 is 0.627 bits per heavy atom. The minimum Gasteiger partial charge on any atom is -0.309 e. The molecule has 11 aromatic carbocycles. The number of hydrogen-bond donors (Lipinski definition) is 0. The fourth-order valence-electron chi connectivity index (χ4n) is 11.6. The smallest absolute Gasteiger partial charge is 0.166 e. The molecule has 0 aliphatic rings. The summed E-state index contributed by atoms with van der Waals surface area (Å²) in [4.78, 5) is 15.9. The Kier molecular flexibility index (Phi) is 9.78. The second kappa shape index (κ2) is 17.3. The summed E-state index contributed by atoms with van der Waals surface area (Å²) < 4.78 is 7.38. The molecule has 6 heteroatoms. The molecule has 4 aromatic heterocycles. The molecule has 0 saturated heterocycles. The summed E-state index contributed by atoms with van der Waals surface area (Å²) in [7, 11) is 0. The maximum absolute atomic E-state index is 5.40. The highest BCUT2D eigenvalue weighted by Gasteiger charge is 2.26. The van der Waals surface area contributed by atoms with Gasteiger partial charge in [-0.3, -0.25) is 0 Å². The van der Waals surface area contributed by atoms with Gasteiger partial charge in [-0.15, -0.1) is 0 Å². The molecule has 6 nitrogen and oxygen atoms in total. The number of aromatic nitrogens is 6. The van der Waals surface area contributed by atoms with E-state index in [4.69, 9.17) is 15.0 Å². The molecule has 0 unspecified atom stereocenters. The molecule has 350 valence electrons. The molecule has 0 N–H and O–H groups in total.